The molecular weight excluding hydrogens is 561 g/mol. The number of aliphatic hydroxyl groups is 1. The molecule has 41 heavy (non-hydrogen) atoms. The standard InChI is InChI=1S/C28H24ClF3N6O3/c29-21-7-2-1-6-20(21)24(25(39)36-18-12-28(31,32)13-18)37(19-5-3-4-17(30)11-19)26(40)22-15-35-27(41)38(22)23-10-16(14-33)8-9-34-23/h1-11,18,22,24,26,40H,12-13,15H2,(H,35,41)(H,36,39)/t22-,24?,26?/m0/s1. The fraction of sp³-hybridized carbons (Fsp3) is 0.286. The fourth-order valence-electron chi connectivity index (χ4n) is 5.09. The number of carbonyl (C=O) groups is 2. The third-order valence-electron chi connectivity index (χ3n) is 7.03. The van der Waals surface area contributed by atoms with Gasteiger partial charge in [0, 0.05) is 47.9 Å². The molecule has 1 aliphatic heterocycles. The second kappa shape index (κ2) is 11.3. The average Bonchev–Trinajstić information content (AvgIpc) is 3.32. The number of halogens is 4. The van der Waals surface area contributed by atoms with Gasteiger partial charge in [-0.15, -0.1) is 0 Å². The van der Waals surface area contributed by atoms with E-state index in [1.165, 1.54) is 53.6 Å². The number of anilines is 2. The molecule has 2 aliphatic rings. The van der Waals surface area contributed by atoms with Crippen LogP contribution in [0.5, 0.6) is 0 Å². The van der Waals surface area contributed by atoms with Gasteiger partial charge in [0.15, 0.2) is 6.23 Å². The first kappa shape index (κ1) is 28.2. The first-order valence-electron chi connectivity index (χ1n) is 12.7. The van der Waals surface area contributed by atoms with Crippen LogP contribution >= 0.6 is 11.6 Å². The molecule has 13 heteroatoms. The maximum Gasteiger partial charge on any atom is 0.323 e. The van der Waals surface area contributed by atoms with E-state index in [9.17, 15) is 33.1 Å². The minimum atomic E-state index is -2.90. The predicted octanol–water partition coefficient (Wildman–Crippen LogP) is 4.12. The number of aromatic nitrogens is 1. The molecule has 2 unspecified atom stereocenters. The van der Waals surface area contributed by atoms with E-state index in [0.717, 1.165) is 11.0 Å². The molecule has 212 valence electrons. The number of aliphatic hydroxyl groups excluding tert-OH is 1. The lowest BCUT2D eigenvalue weighted by Crippen LogP contribution is -2.58. The number of alkyl halides is 2. The normalized spacial score (nSPS) is 19.5. The summed E-state index contributed by atoms with van der Waals surface area (Å²) in [6.07, 6.45) is -1.45. The maximum atomic E-state index is 14.5. The molecule has 3 amide bonds. The Morgan fingerprint density at radius 2 is 1.98 bits per heavy atom. The summed E-state index contributed by atoms with van der Waals surface area (Å²) in [5.74, 6) is -4.26. The molecule has 3 aromatic rings. The number of carbonyl (C=O) groups excluding carboxylic acids is 2. The van der Waals surface area contributed by atoms with Gasteiger partial charge in [0.05, 0.1) is 11.6 Å². The smallest absolute Gasteiger partial charge is 0.323 e. The number of hydrogen-bond acceptors (Lipinski definition) is 6. The van der Waals surface area contributed by atoms with Crippen LogP contribution in [-0.4, -0.2) is 52.8 Å². The van der Waals surface area contributed by atoms with Gasteiger partial charge in [-0.05, 0) is 36.4 Å². The van der Waals surface area contributed by atoms with Crippen LogP contribution in [0.25, 0.3) is 0 Å². The van der Waals surface area contributed by atoms with Crippen LogP contribution < -0.4 is 20.4 Å². The van der Waals surface area contributed by atoms with Gasteiger partial charge < -0.3 is 20.6 Å². The molecule has 1 saturated carbocycles. The van der Waals surface area contributed by atoms with Crippen molar-refractivity contribution in [1.29, 1.82) is 5.26 Å². The summed E-state index contributed by atoms with van der Waals surface area (Å²) in [5, 5.41) is 26.6. The lowest BCUT2D eigenvalue weighted by molar-refractivity contribution is -0.131. The van der Waals surface area contributed by atoms with E-state index < -0.39 is 60.9 Å². The zero-order valence-corrected chi connectivity index (χ0v) is 22.1. The average molecular weight is 585 g/mol. The highest BCUT2D eigenvalue weighted by atomic mass is 35.5. The van der Waals surface area contributed by atoms with Gasteiger partial charge in [-0.25, -0.2) is 22.9 Å². The summed E-state index contributed by atoms with van der Waals surface area (Å²) >= 11 is 6.50. The molecule has 2 heterocycles. The predicted molar refractivity (Wildman–Crippen MR) is 144 cm³/mol. The first-order chi connectivity index (χ1) is 19.6. The zero-order chi connectivity index (χ0) is 29.3. The number of nitriles is 1. The highest BCUT2D eigenvalue weighted by molar-refractivity contribution is 6.31. The van der Waals surface area contributed by atoms with E-state index in [1.807, 2.05) is 6.07 Å². The van der Waals surface area contributed by atoms with E-state index in [1.54, 1.807) is 12.1 Å². The first-order valence-corrected chi connectivity index (χ1v) is 13.0. The fourth-order valence-corrected chi connectivity index (χ4v) is 5.32. The van der Waals surface area contributed by atoms with E-state index in [2.05, 4.69) is 15.6 Å². The Labute approximate surface area is 238 Å². The van der Waals surface area contributed by atoms with Gasteiger partial charge >= 0.3 is 6.03 Å². The van der Waals surface area contributed by atoms with Crippen LogP contribution in [0.15, 0.2) is 66.9 Å². The quantitative estimate of drug-likeness (QED) is 0.343. The van der Waals surface area contributed by atoms with Crippen molar-refractivity contribution in [3.63, 3.8) is 0 Å². The lowest BCUT2D eigenvalue weighted by atomic mass is 9.87. The number of hydrogen-bond donors (Lipinski definition) is 3. The molecule has 2 fully saturated rings. The van der Waals surface area contributed by atoms with Crippen molar-refractivity contribution < 1.29 is 27.9 Å². The van der Waals surface area contributed by atoms with Crippen molar-refractivity contribution in [2.24, 2.45) is 0 Å². The topological polar surface area (TPSA) is 122 Å². The molecule has 0 radical (unpaired) electrons. The number of pyridine rings is 1. The molecular formula is C28H24ClF3N6O3. The summed E-state index contributed by atoms with van der Waals surface area (Å²) in [6.45, 7) is -0.101. The van der Waals surface area contributed by atoms with Crippen LogP contribution in [0.2, 0.25) is 5.02 Å². The Balaban J connectivity index is 1.60. The van der Waals surface area contributed by atoms with Crippen LogP contribution in [0.1, 0.15) is 30.0 Å². The Morgan fingerprint density at radius 1 is 1.22 bits per heavy atom. The summed E-state index contributed by atoms with van der Waals surface area (Å²) < 4.78 is 41.7. The number of benzene rings is 2. The molecule has 0 bridgehead atoms. The van der Waals surface area contributed by atoms with Gasteiger partial charge in [0.1, 0.15) is 23.7 Å². The molecule has 1 aliphatic carbocycles. The molecule has 0 spiro atoms. The lowest BCUT2D eigenvalue weighted by Gasteiger charge is -2.42. The maximum absolute atomic E-state index is 14.5. The second-order valence-corrected chi connectivity index (χ2v) is 10.2. The van der Waals surface area contributed by atoms with E-state index in [0.29, 0.717) is 0 Å². The van der Waals surface area contributed by atoms with E-state index >= 15 is 0 Å². The summed E-state index contributed by atoms with van der Waals surface area (Å²) in [7, 11) is 0. The number of amides is 3. The highest BCUT2D eigenvalue weighted by Gasteiger charge is 2.48. The van der Waals surface area contributed by atoms with E-state index in [-0.39, 0.29) is 34.2 Å². The third-order valence-corrected chi connectivity index (χ3v) is 7.38. The van der Waals surface area contributed by atoms with Gasteiger partial charge in [-0.1, -0.05) is 35.9 Å². The van der Waals surface area contributed by atoms with E-state index in [4.69, 9.17) is 11.6 Å². The molecule has 9 nitrogen and oxygen atoms in total. The van der Waals surface area contributed by atoms with Gasteiger partial charge in [0.2, 0.25) is 5.91 Å². The van der Waals surface area contributed by atoms with Crippen molar-refractivity contribution >= 4 is 35.0 Å². The minimum absolute atomic E-state index is 0.0644. The number of urea groups is 1. The van der Waals surface area contributed by atoms with Gasteiger partial charge in [0.25, 0.3) is 5.92 Å². The molecule has 2 aromatic carbocycles. The second-order valence-electron chi connectivity index (χ2n) is 9.83. The number of nitrogens with zero attached hydrogens (tertiary/aromatic N) is 4. The van der Waals surface area contributed by atoms with Crippen molar-refractivity contribution in [1.82, 2.24) is 15.6 Å². The molecule has 3 atom stereocenters. The molecule has 1 saturated heterocycles. The Hall–Kier alpha value is -4.34. The Morgan fingerprint density at radius 3 is 2.66 bits per heavy atom. The van der Waals surface area contributed by atoms with Gasteiger partial charge in [-0.2, -0.15) is 5.26 Å². The molecule has 1 aromatic heterocycles. The SMILES string of the molecule is N#Cc1ccnc(N2C(=O)NC[C@H]2C(O)N(c2cccc(F)c2)C(C(=O)NC2CC(F)(F)C2)c2ccccc2Cl)c1. The molecule has 5 rings (SSSR count). The van der Waals surface area contributed by atoms with Gasteiger partial charge in [-0.3, -0.25) is 9.69 Å². The largest absolute Gasteiger partial charge is 0.371 e. The zero-order valence-electron chi connectivity index (χ0n) is 21.3. The summed E-state index contributed by atoms with van der Waals surface area (Å²) in [5.41, 5.74) is 0.500. The van der Waals surface area contributed by atoms with Crippen LogP contribution in [-0.2, 0) is 4.79 Å². The van der Waals surface area contributed by atoms with Crippen molar-refractivity contribution in [2.45, 2.75) is 43.1 Å². The number of rotatable bonds is 8. The van der Waals surface area contributed by atoms with Crippen molar-refractivity contribution in [3.8, 4) is 6.07 Å². The Bertz CT molecular complexity index is 1510. The highest BCUT2D eigenvalue weighted by Crippen LogP contribution is 2.40. The third kappa shape index (κ3) is 5.77. The monoisotopic (exact) mass is 584 g/mol. The Kier molecular flexibility index (Phi) is 7.75. The number of nitrogens with one attached hydrogen (secondary N) is 2. The minimum Gasteiger partial charge on any atom is -0.371 e. The molecule has 3 N–H and O–H groups in total. The van der Waals surface area contributed by atoms with Crippen molar-refractivity contribution in [2.75, 3.05) is 16.3 Å². The van der Waals surface area contributed by atoms with Crippen molar-refractivity contribution in [3.05, 3.63) is 88.8 Å². The van der Waals surface area contributed by atoms with Crippen LogP contribution in [0, 0.1) is 17.1 Å². The van der Waals surface area contributed by atoms with Crippen LogP contribution in [0.4, 0.5) is 29.5 Å². The summed E-state index contributed by atoms with van der Waals surface area (Å²) in [4.78, 5) is 33.3. The van der Waals surface area contributed by atoms with Crippen LogP contribution in [0.3, 0.4) is 0 Å². The summed E-state index contributed by atoms with van der Waals surface area (Å²) in [6, 6.07) is 12.3.